The second-order valence-corrected chi connectivity index (χ2v) is 5.65. The standard InChI is InChI=1S/C12H17Cl2N3O4/c1-2-8-7-21-12(15-8)10(17(18)19)9(11(13)14)16-3-5-20-6-4-16/h8,15H,2-7H2,1H3/b12-10+/t8-/m0/s1. The first-order chi connectivity index (χ1) is 10.0. The minimum atomic E-state index is -0.518. The van der Waals surface area contributed by atoms with Gasteiger partial charge in [-0.25, -0.2) is 0 Å². The van der Waals surface area contributed by atoms with E-state index in [4.69, 9.17) is 32.7 Å². The number of hydrogen-bond donors (Lipinski definition) is 1. The lowest BCUT2D eigenvalue weighted by molar-refractivity contribution is -0.426. The highest BCUT2D eigenvalue weighted by Gasteiger charge is 2.36. The fourth-order valence-corrected chi connectivity index (χ4v) is 2.65. The molecule has 0 aliphatic carbocycles. The molecule has 1 N–H and O–H groups in total. The topological polar surface area (TPSA) is 76.9 Å². The van der Waals surface area contributed by atoms with Crippen molar-refractivity contribution in [3.63, 3.8) is 0 Å². The van der Waals surface area contributed by atoms with Crippen LogP contribution in [0.15, 0.2) is 21.8 Å². The van der Waals surface area contributed by atoms with E-state index in [-0.39, 0.29) is 27.8 Å². The second kappa shape index (κ2) is 7.20. The van der Waals surface area contributed by atoms with Gasteiger partial charge in [0.25, 0.3) is 5.88 Å². The van der Waals surface area contributed by atoms with Crippen LogP contribution in [-0.2, 0) is 9.47 Å². The van der Waals surface area contributed by atoms with Crippen molar-refractivity contribution < 1.29 is 14.4 Å². The molecule has 2 heterocycles. The van der Waals surface area contributed by atoms with Crippen LogP contribution in [0, 0.1) is 10.1 Å². The molecule has 0 aromatic heterocycles. The van der Waals surface area contributed by atoms with Gasteiger partial charge in [0, 0.05) is 13.1 Å². The third-order valence-electron chi connectivity index (χ3n) is 3.39. The molecule has 0 saturated carbocycles. The molecule has 2 aliphatic rings. The Bertz CT molecular complexity index is 471. The molecule has 0 radical (unpaired) electrons. The molecule has 2 aliphatic heterocycles. The summed E-state index contributed by atoms with van der Waals surface area (Å²) in [5.74, 6) is 0.118. The van der Waals surface area contributed by atoms with Crippen LogP contribution in [0.2, 0.25) is 0 Å². The van der Waals surface area contributed by atoms with E-state index in [1.54, 1.807) is 4.90 Å². The summed E-state index contributed by atoms with van der Waals surface area (Å²) in [6.45, 7) is 4.27. The van der Waals surface area contributed by atoms with Crippen LogP contribution in [0.3, 0.4) is 0 Å². The van der Waals surface area contributed by atoms with Gasteiger partial charge in [0.05, 0.1) is 24.2 Å². The molecular weight excluding hydrogens is 321 g/mol. The number of morpholine rings is 1. The summed E-state index contributed by atoms with van der Waals surface area (Å²) in [4.78, 5) is 12.7. The molecule has 0 aromatic carbocycles. The average Bonchev–Trinajstić information content (AvgIpc) is 2.93. The smallest absolute Gasteiger partial charge is 0.354 e. The predicted molar refractivity (Wildman–Crippen MR) is 78.3 cm³/mol. The number of rotatable bonds is 4. The third kappa shape index (κ3) is 3.72. The average molecular weight is 338 g/mol. The van der Waals surface area contributed by atoms with Gasteiger partial charge in [-0.3, -0.25) is 10.1 Å². The molecule has 1 atom stereocenters. The van der Waals surface area contributed by atoms with Gasteiger partial charge in [0.15, 0.2) is 5.70 Å². The van der Waals surface area contributed by atoms with Gasteiger partial charge < -0.3 is 19.7 Å². The van der Waals surface area contributed by atoms with Crippen molar-refractivity contribution in [3.8, 4) is 0 Å². The number of hydrogen-bond acceptors (Lipinski definition) is 6. The molecule has 9 heteroatoms. The van der Waals surface area contributed by atoms with E-state index in [9.17, 15) is 10.1 Å². The Morgan fingerprint density at radius 1 is 1.48 bits per heavy atom. The Hall–Kier alpha value is -1.18. The summed E-state index contributed by atoms with van der Waals surface area (Å²) in [7, 11) is 0. The molecule has 0 amide bonds. The zero-order chi connectivity index (χ0) is 15.4. The first kappa shape index (κ1) is 16.2. The molecular formula is C12H17Cl2N3O4. The van der Waals surface area contributed by atoms with E-state index in [2.05, 4.69) is 5.32 Å². The van der Waals surface area contributed by atoms with Crippen molar-refractivity contribution in [1.29, 1.82) is 0 Å². The lowest BCUT2D eigenvalue weighted by atomic mass is 10.2. The number of ether oxygens (including phenoxy) is 2. The highest BCUT2D eigenvalue weighted by atomic mass is 35.5. The molecule has 0 spiro atoms. The van der Waals surface area contributed by atoms with Crippen LogP contribution < -0.4 is 5.32 Å². The Labute approximate surface area is 132 Å². The maximum Gasteiger partial charge on any atom is 0.354 e. The highest BCUT2D eigenvalue weighted by Crippen LogP contribution is 2.29. The molecule has 7 nitrogen and oxygen atoms in total. The second-order valence-electron chi connectivity index (χ2n) is 4.70. The monoisotopic (exact) mass is 337 g/mol. The van der Waals surface area contributed by atoms with Gasteiger partial charge in [-0.2, -0.15) is 0 Å². The van der Waals surface area contributed by atoms with Crippen molar-refractivity contribution in [2.75, 3.05) is 32.9 Å². The maximum atomic E-state index is 11.5. The van der Waals surface area contributed by atoms with Crippen LogP contribution in [0.5, 0.6) is 0 Å². The maximum absolute atomic E-state index is 11.5. The highest BCUT2D eigenvalue weighted by molar-refractivity contribution is 6.56. The van der Waals surface area contributed by atoms with Crippen LogP contribution in [0.1, 0.15) is 13.3 Å². The third-order valence-corrected chi connectivity index (χ3v) is 3.74. The normalized spacial score (nSPS) is 24.1. The summed E-state index contributed by atoms with van der Waals surface area (Å²) in [6.07, 6.45) is 0.805. The van der Waals surface area contributed by atoms with Crippen molar-refractivity contribution in [2.45, 2.75) is 19.4 Å². The molecule has 118 valence electrons. The van der Waals surface area contributed by atoms with Crippen LogP contribution in [0.4, 0.5) is 0 Å². The van der Waals surface area contributed by atoms with Crippen LogP contribution in [-0.4, -0.2) is 48.8 Å². The lowest BCUT2D eigenvalue weighted by Crippen LogP contribution is -2.38. The van der Waals surface area contributed by atoms with E-state index in [0.717, 1.165) is 6.42 Å². The van der Waals surface area contributed by atoms with Crippen LogP contribution >= 0.6 is 23.2 Å². The molecule has 2 rings (SSSR count). The van der Waals surface area contributed by atoms with Crippen molar-refractivity contribution in [2.24, 2.45) is 0 Å². The predicted octanol–water partition coefficient (Wildman–Crippen LogP) is 1.81. The van der Waals surface area contributed by atoms with Gasteiger partial charge in [0.2, 0.25) is 0 Å². The van der Waals surface area contributed by atoms with Crippen molar-refractivity contribution >= 4 is 23.2 Å². The van der Waals surface area contributed by atoms with Gasteiger partial charge >= 0.3 is 5.70 Å². The Morgan fingerprint density at radius 2 is 2.14 bits per heavy atom. The first-order valence-corrected chi connectivity index (χ1v) is 7.46. The first-order valence-electron chi connectivity index (χ1n) is 6.71. The van der Waals surface area contributed by atoms with E-state index in [0.29, 0.717) is 32.9 Å². The molecule has 2 saturated heterocycles. The van der Waals surface area contributed by atoms with E-state index in [1.165, 1.54) is 0 Å². The quantitative estimate of drug-likeness (QED) is 0.622. The zero-order valence-electron chi connectivity index (χ0n) is 11.6. The van der Waals surface area contributed by atoms with E-state index >= 15 is 0 Å². The molecule has 21 heavy (non-hydrogen) atoms. The van der Waals surface area contributed by atoms with Gasteiger partial charge in [-0.15, -0.1) is 0 Å². The van der Waals surface area contributed by atoms with Gasteiger partial charge in [-0.1, -0.05) is 30.1 Å². The fraction of sp³-hybridized carbons (Fsp3) is 0.667. The summed E-state index contributed by atoms with van der Waals surface area (Å²) in [5, 5.41) is 14.5. The Morgan fingerprint density at radius 3 is 2.62 bits per heavy atom. The largest absolute Gasteiger partial charge is 0.472 e. The SMILES string of the molecule is CC[C@H]1CO/C(=C(\C(=C(Cl)Cl)N2CCOCC2)[N+](=O)[O-])N1. The minimum absolute atomic E-state index is 0.0509. The molecule has 0 unspecified atom stereocenters. The number of halogens is 2. The van der Waals surface area contributed by atoms with E-state index < -0.39 is 4.92 Å². The lowest BCUT2D eigenvalue weighted by Gasteiger charge is -2.29. The van der Waals surface area contributed by atoms with Crippen molar-refractivity contribution in [1.82, 2.24) is 10.2 Å². The van der Waals surface area contributed by atoms with Crippen molar-refractivity contribution in [3.05, 3.63) is 31.9 Å². The summed E-state index contributed by atoms with van der Waals surface area (Å²) >= 11 is 11.8. The summed E-state index contributed by atoms with van der Waals surface area (Å²) in [5.41, 5.74) is -0.0567. The molecule has 0 aromatic rings. The van der Waals surface area contributed by atoms with E-state index in [1.807, 2.05) is 6.92 Å². The number of nitrogens with zero attached hydrogens (tertiary/aromatic N) is 2. The fourth-order valence-electron chi connectivity index (χ4n) is 2.23. The zero-order valence-corrected chi connectivity index (χ0v) is 13.1. The minimum Gasteiger partial charge on any atom is -0.472 e. The summed E-state index contributed by atoms with van der Waals surface area (Å²) in [6, 6.07) is 0.0509. The van der Waals surface area contributed by atoms with Crippen LogP contribution in [0.25, 0.3) is 0 Å². The number of nitro groups is 1. The van der Waals surface area contributed by atoms with Gasteiger partial charge in [-0.05, 0) is 6.42 Å². The number of nitrogens with one attached hydrogen (secondary N) is 1. The Kier molecular flexibility index (Phi) is 5.55. The molecule has 0 bridgehead atoms. The Balaban J connectivity index is 2.37. The summed E-state index contributed by atoms with van der Waals surface area (Å²) < 4.78 is 10.5. The molecule has 2 fully saturated rings. The van der Waals surface area contributed by atoms with Gasteiger partial charge in [0.1, 0.15) is 11.1 Å².